The third-order valence-electron chi connectivity index (χ3n) is 12.6. The quantitative estimate of drug-likeness (QED) is 0.0922. The van der Waals surface area contributed by atoms with Crippen LogP contribution in [0, 0.1) is 33.1 Å². The third-order valence-corrected chi connectivity index (χ3v) is 12.6. The number of aliphatic hydroxyl groups is 2. The number of carbonyl (C=O) groups is 2. The lowest BCUT2D eigenvalue weighted by molar-refractivity contribution is -0.144. The summed E-state index contributed by atoms with van der Waals surface area (Å²) in [5.41, 5.74) is 2.14. The Morgan fingerprint density at radius 3 is 1.02 bits per heavy atom. The highest BCUT2D eigenvalue weighted by atomic mass is 16.3. The van der Waals surface area contributed by atoms with Gasteiger partial charge in [0.2, 0.25) is 11.8 Å². The Bertz CT molecular complexity index is 2680. The van der Waals surface area contributed by atoms with Gasteiger partial charge in [0.1, 0.15) is 16.6 Å². The number of hydrogen-bond donors (Lipinski definition) is 4. The Labute approximate surface area is 370 Å². The summed E-state index contributed by atoms with van der Waals surface area (Å²) < 4.78 is 0. The van der Waals surface area contributed by atoms with E-state index in [4.69, 9.17) is 0 Å². The molecule has 0 aromatic heterocycles. The van der Waals surface area contributed by atoms with E-state index in [1.54, 1.807) is 13.8 Å². The summed E-state index contributed by atoms with van der Waals surface area (Å²) in [5, 5.41) is 37.3. The predicted molar refractivity (Wildman–Crippen MR) is 254 cm³/mol. The van der Waals surface area contributed by atoms with Gasteiger partial charge in [-0.1, -0.05) is 204 Å². The maximum atomic E-state index is 15.3. The molecule has 8 aromatic carbocycles. The van der Waals surface area contributed by atoms with Crippen molar-refractivity contribution in [3.63, 3.8) is 0 Å². The first-order valence-electron chi connectivity index (χ1n) is 21.5. The first-order valence-corrected chi connectivity index (χ1v) is 21.5. The number of benzene rings is 8. The molecule has 8 aromatic rings. The van der Waals surface area contributed by atoms with Crippen molar-refractivity contribution in [3.8, 4) is 0 Å². The molecule has 0 bridgehead atoms. The molecule has 0 saturated heterocycles. The molecule has 0 aliphatic carbocycles. The zero-order valence-electron chi connectivity index (χ0n) is 36.7. The Morgan fingerprint density at radius 1 is 0.413 bits per heavy atom. The fourth-order valence-electron chi connectivity index (χ4n) is 9.07. The lowest BCUT2D eigenvalue weighted by Gasteiger charge is -2.41. The van der Waals surface area contributed by atoms with Crippen LogP contribution in [-0.4, -0.2) is 22.0 Å². The molecular weight excluding hydrogens is 777 g/mol. The predicted octanol–water partition coefficient (Wildman–Crippen LogP) is 11.1. The fourth-order valence-corrected chi connectivity index (χ4v) is 9.07. The van der Waals surface area contributed by atoms with E-state index in [1.807, 2.05) is 210 Å². The second-order valence-corrected chi connectivity index (χ2v) is 17.6. The van der Waals surface area contributed by atoms with Crippen molar-refractivity contribution < 1.29 is 19.8 Å². The van der Waals surface area contributed by atoms with Crippen LogP contribution in [0.2, 0.25) is 0 Å². The molecular formula is C57H54N2O4. The van der Waals surface area contributed by atoms with Gasteiger partial charge < -0.3 is 20.8 Å². The monoisotopic (exact) mass is 830 g/mol. The van der Waals surface area contributed by atoms with Gasteiger partial charge >= 0.3 is 0 Å². The van der Waals surface area contributed by atoms with E-state index in [9.17, 15) is 10.2 Å². The molecule has 4 N–H and O–H groups in total. The molecule has 0 fully saturated rings. The van der Waals surface area contributed by atoms with E-state index >= 15 is 9.59 Å². The van der Waals surface area contributed by atoms with Crippen LogP contribution in [-0.2, 0) is 20.8 Å². The molecule has 2 atom stereocenters. The van der Waals surface area contributed by atoms with Gasteiger partial charge in [-0.05, 0) is 96.5 Å². The van der Waals surface area contributed by atoms with E-state index in [0.29, 0.717) is 33.4 Å². The Balaban J connectivity index is 1.28. The minimum atomic E-state index is -1.80. The lowest BCUT2D eigenvalue weighted by Crippen LogP contribution is -2.55. The smallest absolute Gasteiger partial charge is 0.235 e. The molecule has 8 rings (SSSR count). The number of nitrogens with one attached hydrogen (secondary N) is 2. The van der Waals surface area contributed by atoms with Crippen LogP contribution in [0.3, 0.4) is 0 Å². The first-order chi connectivity index (χ1) is 30.2. The number of amides is 2. The maximum absolute atomic E-state index is 15.3. The number of hydrogen-bond acceptors (Lipinski definition) is 4. The molecule has 0 unspecified atom stereocenters. The minimum Gasteiger partial charge on any atom is -0.378 e. The van der Waals surface area contributed by atoms with Crippen molar-refractivity contribution in [2.45, 2.75) is 64.8 Å². The Hall–Kier alpha value is -6.86. The van der Waals surface area contributed by atoms with E-state index < -0.39 is 40.5 Å². The molecule has 2 amide bonds. The van der Waals surface area contributed by atoms with Crippen molar-refractivity contribution in [1.82, 2.24) is 10.6 Å². The van der Waals surface area contributed by atoms with Crippen LogP contribution in [0.5, 0.6) is 0 Å². The molecule has 6 heteroatoms. The molecule has 0 spiro atoms. The van der Waals surface area contributed by atoms with Gasteiger partial charge in [0.15, 0.2) is 0 Å². The van der Waals surface area contributed by atoms with Gasteiger partial charge in [-0.3, -0.25) is 9.59 Å². The number of fused-ring (bicyclic) bond motifs is 2. The summed E-state index contributed by atoms with van der Waals surface area (Å²) in [6.07, 6.45) is 0. The SMILES string of the molecule is Cc1cccc(C(O)(c2cccc(C)c2)[C@@H](NC(=O)C(C)(C)C(=O)N[C@@H](c2cccc3ccccc23)C(O)(c2cccc(C)c2)c2cccc(C)c2)c2cccc3ccccc23)c1. The van der Waals surface area contributed by atoms with Crippen molar-refractivity contribution in [2.75, 3.05) is 0 Å². The van der Waals surface area contributed by atoms with Gasteiger partial charge in [-0.25, -0.2) is 0 Å². The maximum Gasteiger partial charge on any atom is 0.235 e. The number of carbonyl (C=O) groups excluding carboxylic acids is 2. The van der Waals surface area contributed by atoms with Crippen LogP contribution >= 0.6 is 0 Å². The molecule has 0 radical (unpaired) electrons. The molecule has 0 heterocycles. The summed E-state index contributed by atoms with van der Waals surface area (Å²) in [7, 11) is 0. The highest BCUT2D eigenvalue weighted by molar-refractivity contribution is 6.05. The Morgan fingerprint density at radius 2 is 0.698 bits per heavy atom. The van der Waals surface area contributed by atoms with Crippen LogP contribution in [0.15, 0.2) is 182 Å². The van der Waals surface area contributed by atoms with Gasteiger partial charge in [0.25, 0.3) is 0 Å². The minimum absolute atomic E-state index is 0.589. The van der Waals surface area contributed by atoms with Crippen molar-refractivity contribution in [1.29, 1.82) is 0 Å². The zero-order chi connectivity index (χ0) is 44.5. The highest BCUT2D eigenvalue weighted by Crippen LogP contribution is 2.46. The summed E-state index contributed by atoms with van der Waals surface area (Å²) in [4.78, 5) is 30.7. The molecule has 63 heavy (non-hydrogen) atoms. The van der Waals surface area contributed by atoms with Crippen molar-refractivity contribution in [2.24, 2.45) is 5.41 Å². The van der Waals surface area contributed by atoms with Crippen LogP contribution < -0.4 is 10.6 Å². The summed E-state index contributed by atoms with van der Waals surface area (Å²) in [5.74, 6) is -1.22. The normalized spacial score (nSPS) is 13.1. The summed E-state index contributed by atoms with van der Waals surface area (Å²) in [6.45, 7) is 11.1. The van der Waals surface area contributed by atoms with Crippen LogP contribution in [0.1, 0.15) is 81.6 Å². The molecule has 6 nitrogen and oxygen atoms in total. The Kier molecular flexibility index (Phi) is 11.6. The van der Waals surface area contributed by atoms with Crippen LogP contribution in [0.25, 0.3) is 21.5 Å². The van der Waals surface area contributed by atoms with E-state index in [2.05, 4.69) is 10.6 Å². The lowest BCUT2D eigenvalue weighted by atomic mass is 9.74. The molecule has 316 valence electrons. The zero-order valence-corrected chi connectivity index (χ0v) is 36.7. The van der Waals surface area contributed by atoms with Gasteiger partial charge in [0.05, 0.1) is 12.1 Å². The molecule has 0 aliphatic rings. The summed E-state index contributed by atoms with van der Waals surface area (Å²) >= 11 is 0. The third kappa shape index (κ3) is 8.04. The molecule has 0 aliphatic heterocycles. The highest BCUT2D eigenvalue weighted by Gasteiger charge is 2.49. The van der Waals surface area contributed by atoms with Crippen LogP contribution in [0.4, 0.5) is 0 Å². The van der Waals surface area contributed by atoms with E-state index in [1.165, 1.54) is 0 Å². The average molecular weight is 831 g/mol. The largest absolute Gasteiger partial charge is 0.378 e. The second-order valence-electron chi connectivity index (χ2n) is 17.6. The fraction of sp³-hybridized carbons (Fsp3) is 0.193. The average Bonchev–Trinajstić information content (AvgIpc) is 3.29. The molecule has 0 saturated carbocycles. The summed E-state index contributed by atoms with van der Waals surface area (Å²) in [6, 6.07) is 56.1. The topological polar surface area (TPSA) is 98.7 Å². The van der Waals surface area contributed by atoms with Gasteiger partial charge in [-0.15, -0.1) is 0 Å². The standard InChI is InChI=1S/C57H54N2O4/c1-37-17-11-25-43(33-37)56(62,44-26-12-18-38(2)34-44)51(49-31-15-23-41-21-7-9-29-47(41)49)58-53(60)55(5,6)54(61)59-52(50-32-16-24-42-22-8-10-30-48(42)50)57(63,45-27-13-19-39(3)35-45)46-28-14-20-40(4)36-46/h7-36,51-52,62-63H,1-6H3,(H,58,60)(H,59,61)/t51-,52-/m0/s1. The van der Waals surface area contributed by atoms with E-state index in [-0.39, 0.29) is 0 Å². The number of rotatable bonds is 12. The van der Waals surface area contributed by atoms with Crippen molar-refractivity contribution >= 4 is 33.4 Å². The van der Waals surface area contributed by atoms with E-state index in [0.717, 1.165) is 43.8 Å². The number of aryl methyl sites for hydroxylation is 4. The second kappa shape index (κ2) is 17.1. The van der Waals surface area contributed by atoms with Crippen molar-refractivity contribution in [3.05, 3.63) is 238 Å². The van der Waals surface area contributed by atoms with Gasteiger partial charge in [0, 0.05) is 0 Å². The van der Waals surface area contributed by atoms with Gasteiger partial charge in [-0.2, -0.15) is 0 Å². The first kappa shape index (κ1) is 42.8.